The van der Waals surface area contributed by atoms with E-state index in [0.717, 1.165) is 43.7 Å². The van der Waals surface area contributed by atoms with E-state index in [0.29, 0.717) is 46.9 Å². The third-order valence-corrected chi connectivity index (χ3v) is 18.1. The number of esters is 3. The van der Waals surface area contributed by atoms with Crippen molar-refractivity contribution in [1.82, 2.24) is 30.6 Å². The van der Waals surface area contributed by atoms with Crippen LogP contribution < -0.4 is 30.3 Å². The van der Waals surface area contributed by atoms with E-state index in [2.05, 4.69) is 61.5 Å². The number of methoxy groups -OCH3 is 2. The highest BCUT2D eigenvalue weighted by Crippen LogP contribution is 2.48. The highest BCUT2D eigenvalue weighted by atomic mass is 32.1. The van der Waals surface area contributed by atoms with Gasteiger partial charge in [-0.1, -0.05) is 39.8 Å². The summed E-state index contributed by atoms with van der Waals surface area (Å²) >= 11 is 3.04. The molecule has 0 unspecified atom stereocenters. The highest BCUT2D eigenvalue weighted by molar-refractivity contribution is 7.13. The van der Waals surface area contributed by atoms with Crippen LogP contribution >= 0.6 is 22.7 Å². The number of fused-ring (bicyclic) bond motifs is 2. The molecule has 4 aromatic heterocycles. The Balaban J connectivity index is 0.000000186. The van der Waals surface area contributed by atoms with E-state index in [9.17, 15) is 43.8 Å². The number of aliphatic carboxylic acids is 1. The van der Waals surface area contributed by atoms with Gasteiger partial charge in [-0.15, -0.1) is 35.8 Å². The average Bonchev–Trinajstić information content (AvgIpc) is 1.62. The first-order valence-electron chi connectivity index (χ1n) is 29.9. The predicted molar refractivity (Wildman–Crippen MR) is 338 cm³/mol. The number of aliphatic hydroxyl groups excluding tert-OH is 1. The van der Waals surface area contributed by atoms with E-state index in [1.807, 2.05) is 41.1 Å². The van der Waals surface area contributed by atoms with Crippen molar-refractivity contribution in [3.63, 3.8) is 0 Å². The maximum absolute atomic E-state index is 13.5. The molecule has 4 aliphatic carbocycles. The Hall–Kier alpha value is -8.02. The molecule has 10 rings (SSSR count). The van der Waals surface area contributed by atoms with E-state index in [1.165, 1.54) is 11.3 Å². The van der Waals surface area contributed by atoms with Crippen LogP contribution in [-0.2, 0) is 43.0 Å². The minimum Gasteiger partial charge on any atom is -0.497 e. The number of amides is 2. The van der Waals surface area contributed by atoms with Crippen LogP contribution in [0.15, 0.2) is 89.4 Å². The van der Waals surface area contributed by atoms with E-state index < -0.39 is 88.3 Å². The van der Waals surface area contributed by atoms with Gasteiger partial charge >= 0.3 is 23.9 Å². The van der Waals surface area contributed by atoms with Crippen molar-refractivity contribution in [1.29, 1.82) is 0 Å². The number of carbonyl (C=O) groups is 6. The number of nitrogens with one attached hydrogen (secondary N) is 3. The molecular formula is C66H80N6O15S2. The number of hydrogen-bond donors (Lipinski definition) is 5. The number of ether oxygens (including phenoxy) is 6. The van der Waals surface area contributed by atoms with Gasteiger partial charge < -0.3 is 54.3 Å². The topological polar surface area (TPSA) is 294 Å². The lowest BCUT2D eigenvalue weighted by Gasteiger charge is -2.26. The summed E-state index contributed by atoms with van der Waals surface area (Å²) in [6.07, 6.45) is 3.35. The Kier molecular flexibility index (Phi) is 20.9. The number of hydrogen-bond acceptors (Lipinski definition) is 19. The van der Waals surface area contributed by atoms with Crippen LogP contribution in [0, 0.1) is 35.5 Å². The number of nitrogens with zero attached hydrogens (tertiary/aromatic N) is 3. The molecule has 2 aromatic carbocycles. The lowest BCUT2D eigenvalue weighted by Crippen LogP contribution is -2.49. The number of H-pyrrole nitrogens is 1. The zero-order chi connectivity index (χ0) is 64.9. The molecule has 0 aliphatic heterocycles. The van der Waals surface area contributed by atoms with E-state index >= 15 is 0 Å². The number of carboxylic acids is 1. The van der Waals surface area contributed by atoms with Gasteiger partial charge in [0.25, 0.3) is 0 Å². The van der Waals surface area contributed by atoms with Gasteiger partial charge in [0.1, 0.15) is 55.7 Å². The van der Waals surface area contributed by atoms with Crippen molar-refractivity contribution in [2.24, 2.45) is 35.5 Å². The standard InChI is InChI=1S/C31H35N3O7S.C19H29NO6.C16H16N2O2S/c1-6-17-14-31(17,30(38)40-7-2)34-27(35)21-10-19(11-22(21)29(36)37)41-26-13-24(28-33-25(15-42-28)16(3)4)32-23-12-18(39-5)8-9-20(23)26;1-6-11-10-19(11,17(24)25-7-2)20-15(22)13-8-12(21)9-14(13)16(23)26-18(3,4)5;1-9(2)14-8-21-16(18-14)13-7-15(19)11-5-4-10(20-3)6-12(11)17-13/h6,8-9,12-13,15-17,19,21-22H,1,7,10-11,14H2,2-5H3,(H,34,35)(H,36,37);6,11-14,21H,1,7-10H2,2-5H3,(H,20,22);4-9H,1-3H3,(H,17,19)/t17-,19-,21-,22-,31-;11-,12+,13-,14-,19-;/m11./s1. The van der Waals surface area contributed by atoms with Crippen LogP contribution in [0.25, 0.3) is 43.2 Å². The van der Waals surface area contributed by atoms with Gasteiger partial charge in [0.05, 0.1) is 85.3 Å². The van der Waals surface area contributed by atoms with Gasteiger partial charge in [-0.3, -0.25) is 24.0 Å². The molecule has 4 fully saturated rings. The SMILES string of the molecule is C=C[C@@H]1C[C@]1(NC(=O)[C@@H]1C[C@@H](Oc2cc(-c3nc(C(C)C)cs3)nc3cc(OC)ccc23)C[C@H]1C(=O)O)C(=O)OCC.C=C[C@@H]1C[C@]1(NC(=O)[C@@H]1C[C@H](O)C[C@H]1C(=O)OC(C)(C)C)C(=O)OCC.COc1ccc2c(=O)cc(-c3nc(C(C)C)cs3)[nH]c2c1. The van der Waals surface area contributed by atoms with Crippen molar-refractivity contribution in [2.75, 3.05) is 27.4 Å². The Bertz CT molecular complexity index is 3700. The summed E-state index contributed by atoms with van der Waals surface area (Å²) in [5.74, 6) is -4.83. The summed E-state index contributed by atoms with van der Waals surface area (Å²) in [6.45, 7) is 24.8. The fraction of sp³-hybridized carbons (Fsp3) is 0.485. The summed E-state index contributed by atoms with van der Waals surface area (Å²) in [5.41, 5.74) is 1.79. The summed E-state index contributed by atoms with van der Waals surface area (Å²) in [5, 5.41) is 32.6. The number of carboxylic acid groups (broad SMARTS) is 1. The van der Waals surface area contributed by atoms with E-state index in [-0.39, 0.29) is 62.1 Å². The Morgan fingerprint density at radius 1 is 0.719 bits per heavy atom. The first-order valence-corrected chi connectivity index (χ1v) is 31.6. The molecular weight excluding hydrogens is 1180 g/mol. The molecule has 0 radical (unpaired) electrons. The molecule has 4 saturated carbocycles. The van der Waals surface area contributed by atoms with Crippen molar-refractivity contribution in [3.05, 3.63) is 106 Å². The maximum atomic E-state index is 13.5. The first-order chi connectivity index (χ1) is 42.2. The zero-order valence-corrected chi connectivity index (χ0v) is 53.8. The third-order valence-electron chi connectivity index (χ3n) is 16.3. The first kappa shape index (κ1) is 66.9. The second-order valence-electron chi connectivity index (χ2n) is 24.4. The number of aliphatic hydroxyl groups is 1. The molecule has 23 heteroatoms. The molecule has 5 N–H and O–H groups in total. The third kappa shape index (κ3) is 15.2. The molecule has 21 nitrogen and oxygen atoms in total. The smallest absolute Gasteiger partial charge is 0.332 e. The predicted octanol–water partition coefficient (Wildman–Crippen LogP) is 10.1. The molecule has 10 atom stereocenters. The Morgan fingerprint density at radius 2 is 1.24 bits per heavy atom. The van der Waals surface area contributed by atoms with Crippen molar-refractivity contribution in [2.45, 2.75) is 142 Å². The van der Waals surface area contributed by atoms with Crippen LogP contribution in [0.2, 0.25) is 0 Å². The largest absolute Gasteiger partial charge is 0.497 e. The lowest BCUT2D eigenvalue weighted by atomic mass is 9.94. The van der Waals surface area contributed by atoms with Crippen LogP contribution in [0.3, 0.4) is 0 Å². The molecule has 0 bridgehead atoms. The van der Waals surface area contributed by atoms with Crippen LogP contribution in [-0.4, -0.2) is 122 Å². The van der Waals surface area contributed by atoms with Crippen molar-refractivity contribution in [3.8, 4) is 38.7 Å². The average molecular weight is 1260 g/mol. The second-order valence-corrected chi connectivity index (χ2v) is 26.1. The van der Waals surface area contributed by atoms with Gasteiger partial charge in [0.2, 0.25) is 11.8 Å². The molecule has 4 aliphatic rings. The summed E-state index contributed by atoms with van der Waals surface area (Å²) in [6, 6.07) is 14.3. The number of rotatable bonds is 20. The number of aromatic nitrogens is 4. The van der Waals surface area contributed by atoms with Crippen LogP contribution in [0.4, 0.5) is 0 Å². The fourth-order valence-electron chi connectivity index (χ4n) is 11.2. The molecule has 0 spiro atoms. The van der Waals surface area contributed by atoms with Gasteiger partial charge in [-0.25, -0.2) is 24.5 Å². The molecule has 476 valence electrons. The molecule has 4 heterocycles. The van der Waals surface area contributed by atoms with Crippen LogP contribution in [0.5, 0.6) is 17.2 Å². The maximum Gasteiger partial charge on any atom is 0.332 e. The summed E-state index contributed by atoms with van der Waals surface area (Å²) in [7, 11) is 3.19. The Morgan fingerprint density at radius 3 is 1.74 bits per heavy atom. The van der Waals surface area contributed by atoms with Gasteiger partial charge in [0, 0.05) is 57.6 Å². The normalized spacial score (nSPS) is 24.1. The van der Waals surface area contributed by atoms with Gasteiger partial charge in [-0.05, 0) is 109 Å². The number of aromatic amines is 1. The van der Waals surface area contributed by atoms with Crippen molar-refractivity contribution < 1.29 is 67.4 Å². The van der Waals surface area contributed by atoms with Gasteiger partial charge in [0.15, 0.2) is 5.43 Å². The Labute approximate surface area is 525 Å². The summed E-state index contributed by atoms with van der Waals surface area (Å²) in [4.78, 5) is 106. The fourth-order valence-corrected chi connectivity index (χ4v) is 13.1. The quantitative estimate of drug-likeness (QED) is 0.0270. The summed E-state index contributed by atoms with van der Waals surface area (Å²) < 4.78 is 32.7. The number of carbonyl (C=O) groups excluding carboxylic acids is 5. The zero-order valence-electron chi connectivity index (χ0n) is 52.1. The van der Waals surface area contributed by atoms with Gasteiger partial charge in [-0.2, -0.15) is 0 Å². The molecule has 6 aromatic rings. The molecule has 2 amide bonds. The monoisotopic (exact) mass is 1260 g/mol. The second kappa shape index (κ2) is 27.8. The highest BCUT2D eigenvalue weighted by Gasteiger charge is 2.63. The van der Waals surface area contributed by atoms with E-state index in [4.69, 9.17) is 38.4 Å². The minimum absolute atomic E-state index is 0.0114. The molecule has 89 heavy (non-hydrogen) atoms. The van der Waals surface area contributed by atoms with Crippen LogP contribution in [0.1, 0.15) is 124 Å². The number of thiazole rings is 2. The minimum atomic E-state index is -1.20. The number of benzene rings is 2. The molecule has 0 saturated heterocycles. The van der Waals surface area contributed by atoms with E-state index in [1.54, 1.807) is 90.5 Å². The lowest BCUT2D eigenvalue weighted by molar-refractivity contribution is -0.163. The van der Waals surface area contributed by atoms with Crippen molar-refractivity contribution >= 4 is 80.2 Å². The number of pyridine rings is 2.